The molecule has 28 heavy (non-hydrogen) atoms. The first-order chi connectivity index (χ1) is 13.7. The second-order valence-electron chi connectivity index (χ2n) is 7.65. The first kappa shape index (κ1) is 18.7. The van der Waals surface area contributed by atoms with Gasteiger partial charge in [0.05, 0.1) is 0 Å². The number of nitrogens with zero attached hydrogens (tertiary/aromatic N) is 2. The van der Waals surface area contributed by atoms with Crippen molar-refractivity contribution in [3.8, 4) is 11.5 Å². The molecule has 2 aliphatic rings. The number of aryl methyl sites for hydroxylation is 1. The molecule has 0 saturated carbocycles. The van der Waals surface area contributed by atoms with Crippen LogP contribution in [-0.4, -0.2) is 37.7 Å². The molecular formula is C23H28N2O3. The molecule has 0 aliphatic carbocycles. The minimum absolute atomic E-state index is 0.151. The van der Waals surface area contributed by atoms with Crippen LogP contribution in [0.1, 0.15) is 36.8 Å². The Morgan fingerprint density at radius 1 is 0.964 bits per heavy atom. The van der Waals surface area contributed by atoms with Crippen molar-refractivity contribution in [3.63, 3.8) is 0 Å². The quantitative estimate of drug-likeness (QED) is 0.760. The summed E-state index contributed by atoms with van der Waals surface area (Å²) in [5.74, 6) is 1.70. The number of fused-ring (bicyclic) bond motifs is 1. The van der Waals surface area contributed by atoms with Crippen LogP contribution in [0.5, 0.6) is 11.5 Å². The Hall–Kier alpha value is -2.69. The Bertz CT molecular complexity index is 813. The molecular weight excluding hydrogens is 352 g/mol. The largest absolute Gasteiger partial charge is 0.454 e. The number of ether oxygens (including phenoxy) is 2. The van der Waals surface area contributed by atoms with E-state index in [9.17, 15) is 4.79 Å². The predicted molar refractivity (Wildman–Crippen MR) is 110 cm³/mol. The second-order valence-corrected chi connectivity index (χ2v) is 7.65. The van der Waals surface area contributed by atoms with Gasteiger partial charge in [-0.15, -0.1) is 0 Å². The molecule has 1 fully saturated rings. The standard InChI is InChI=1S/C23H28N2O3/c1-24(16-19-5-9-20(10-6-19)25-13-3-2-4-14-25)23(26)12-8-18-7-11-21-22(15-18)28-17-27-21/h5-7,9-11,15H,2-4,8,12-14,16-17H2,1H3. The van der Waals surface area contributed by atoms with Crippen LogP contribution >= 0.6 is 0 Å². The second kappa shape index (κ2) is 8.55. The maximum Gasteiger partial charge on any atom is 0.231 e. The normalized spacial score (nSPS) is 15.5. The van der Waals surface area contributed by atoms with Crippen LogP contribution < -0.4 is 14.4 Å². The first-order valence-corrected chi connectivity index (χ1v) is 10.2. The summed E-state index contributed by atoms with van der Waals surface area (Å²) < 4.78 is 10.7. The fourth-order valence-corrected chi connectivity index (χ4v) is 3.86. The Kier molecular flexibility index (Phi) is 5.70. The first-order valence-electron chi connectivity index (χ1n) is 10.2. The Morgan fingerprint density at radius 2 is 1.68 bits per heavy atom. The molecule has 1 amide bonds. The number of hydrogen-bond donors (Lipinski definition) is 0. The highest BCUT2D eigenvalue weighted by molar-refractivity contribution is 5.76. The van der Waals surface area contributed by atoms with E-state index < -0.39 is 0 Å². The summed E-state index contributed by atoms with van der Waals surface area (Å²) in [6.07, 6.45) is 5.09. The lowest BCUT2D eigenvalue weighted by Crippen LogP contribution is -2.29. The summed E-state index contributed by atoms with van der Waals surface area (Å²) in [5, 5.41) is 0. The topological polar surface area (TPSA) is 42.0 Å². The Labute approximate surface area is 166 Å². The molecule has 0 atom stereocenters. The number of hydrogen-bond acceptors (Lipinski definition) is 4. The number of piperidine rings is 1. The molecule has 4 rings (SSSR count). The number of carbonyl (C=O) groups excluding carboxylic acids is 1. The molecule has 2 aliphatic heterocycles. The average Bonchev–Trinajstić information content (AvgIpc) is 3.21. The molecule has 0 spiro atoms. The van der Waals surface area contributed by atoms with Crippen molar-refractivity contribution in [1.82, 2.24) is 4.90 Å². The van der Waals surface area contributed by atoms with Crippen molar-refractivity contribution in [2.45, 2.75) is 38.6 Å². The minimum Gasteiger partial charge on any atom is -0.454 e. The van der Waals surface area contributed by atoms with Crippen LogP contribution in [0.25, 0.3) is 0 Å². The van der Waals surface area contributed by atoms with Gasteiger partial charge in [0.1, 0.15) is 0 Å². The van der Waals surface area contributed by atoms with E-state index in [1.165, 1.54) is 30.5 Å². The molecule has 2 aromatic carbocycles. The molecule has 2 heterocycles. The van der Waals surface area contributed by atoms with E-state index in [-0.39, 0.29) is 12.7 Å². The van der Waals surface area contributed by atoms with E-state index in [0.29, 0.717) is 19.4 Å². The SMILES string of the molecule is CN(Cc1ccc(N2CCCCC2)cc1)C(=O)CCc1ccc2c(c1)OCO2. The van der Waals surface area contributed by atoms with Gasteiger partial charge >= 0.3 is 0 Å². The van der Waals surface area contributed by atoms with Gasteiger partial charge in [0, 0.05) is 38.8 Å². The van der Waals surface area contributed by atoms with Crippen molar-refractivity contribution in [2.24, 2.45) is 0 Å². The molecule has 2 aromatic rings. The molecule has 1 saturated heterocycles. The van der Waals surface area contributed by atoms with Gasteiger partial charge in [-0.05, 0) is 61.1 Å². The molecule has 5 nitrogen and oxygen atoms in total. The summed E-state index contributed by atoms with van der Waals surface area (Å²) >= 11 is 0. The fourth-order valence-electron chi connectivity index (χ4n) is 3.86. The van der Waals surface area contributed by atoms with Crippen LogP contribution in [-0.2, 0) is 17.8 Å². The van der Waals surface area contributed by atoms with Gasteiger partial charge in [-0.2, -0.15) is 0 Å². The lowest BCUT2D eigenvalue weighted by Gasteiger charge is -2.29. The van der Waals surface area contributed by atoms with Crippen LogP contribution in [0.2, 0.25) is 0 Å². The highest BCUT2D eigenvalue weighted by Gasteiger charge is 2.15. The smallest absolute Gasteiger partial charge is 0.231 e. The van der Waals surface area contributed by atoms with Crippen LogP contribution in [0.3, 0.4) is 0 Å². The predicted octanol–water partition coefficient (Wildman–Crippen LogP) is 4.00. The fraction of sp³-hybridized carbons (Fsp3) is 0.435. The summed E-state index contributed by atoms with van der Waals surface area (Å²) in [5.41, 5.74) is 3.55. The molecule has 0 radical (unpaired) electrons. The van der Waals surface area contributed by atoms with E-state index in [2.05, 4.69) is 29.2 Å². The van der Waals surface area contributed by atoms with Gasteiger partial charge in [0.25, 0.3) is 0 Å². The molecule has 0 N–H and O–H groups in total. The monoisotopic (exact) mass is 380 g/mol. The number of carbonyl (C=O) groups is 1. The third-order valence-corrected chi connectivity index (χ3v) is 5.57. The highest BCUT2D eigenvalue weighted by Crippen LogP contribution is 2.32. The lowest BCUT2D eigenvalue weighted by molar-refractivity contribution is -0.130. The summed E-state index contributed by atoms with van der Waals surface area (Å²) in [7, 11) is 1.88. The van der Waals surface area contributed by atoms with Crippen LogP contribution in [0.15, 0.2) is 42.5 Å². The molecule has 5 heteroatoms. The third-order valence-electron chi connectivity index (χ3n) is 5.57. The van der Waals surface area contributed by atoms with Crippen molar-refractivity contribution < 1.29 is 14.3 Å². The van der Waals surface area contributed by atoms with Gasteiger partial charge in [-0.25, -0.2) is 0 Å². The third kappa shape index (κ3) is 4.41. The minimum atomic E-state index is 0.151. The summed E-state index contributed by atoms with van der Waals surface area (Å²) in [6.45, 7) is 3.21. The zero-order valence-corrected chi connectivity index (χ0v) is 16.5. The van der Waals surface area contributed by atoms with E-state index in [0.717, 1.165) is 30.2 Å². The zero-order valence-electron chi connectivity index (χ0n) is 16.5. The lowest BCUT2D eigenvalue weighted by atomic mass is 10.1. The van der Waals surface area contributed by atoms with Gasteiger partial charge < -0.3 is 19.3 Å². The number of anilines is 1. The van der Waals surface area contributed by atoms with Crippen molar-refractivity contribution in [1.29, 1.82) is 0 Å². The maximum absolute atomic E-state index is 12.5. The van der Waals surface area contributed by atoms with Crippen molar-refractivity contribution in [2.75, 3.05) is 31.8 Å². The number of benzene rings is 2. The van der Waals surface area contributed by atoms with E-state index >= 15 is 0 Å². The van der Waals surface area contributed by atoms with Gasteiger partial charge in [0.15, 0.2) is 11.5 Å². The highest BCUT2D eigenvalue weighted by atomic mass is 16.7. The number of rotatable bonds is 6. The maximum atomic E-state index is 12.5. The summed E-state index contributed by atoms with van der Waals surface area (Å²) in [4.78, 5) is 16.8. The van der Waals surface area contributed by atoms with E-state index in [1.54, 1.807) is 0 Å². The van der Waals surface area contributed by atoms with Crippen LogP contribution in [0.4, 0.5) is 5.69 Å². The Morgan fingerprint density at radius 3 is 2.46 bits per heavy atom. The van der Waals surface area contributed by atoms with Gasteiger partial charge in [-0.3, -0.25) is 4.79 Å². The van der Waals surface area contributed by atoms with Crippen molar-refractivity contribution in [3.05, 3.63) is 53.6 Å². The molecule has 0 aromatic heterocycles. The zero-order chi connectivity index (χ0) is 19.3. The summed E-state index contributed by atoms with van der Waals surface area (Å²) in [6, 6.07) is 14.5. The van der Waals surface area contributed by atoms with E-state index in [1.807, 2.05) is 30.1 Å². The molecule has 0 unspecified atom stereocenters. The van der Waals surface area contributed by atoms with Gasteiger partial charge in [-0.1, -0.05) is 18.2 Å². The molecule has 0 bridgehead atoms. The van der Waals surface area contributed by atoms with E-state index in [4.69, 9.17) is 9.47 Å². The van der Waals surface area contributed by atoms with Crippen molar-refractivity contribution >= 4 is 11.6 Å². The Balaban J connectivity index is 1.28. The van der Waals surface area contributed by atoms with Gasteiger partial charge in [0.2, 0.25) is 12.7 Å². The molecule has 148 valence electrons. The number of amides is 1. The van der Waals surface area contributed by atoms with Crippen LogP contribution in [0, 0.1) is 0 Å². The average molecular weight is 380 g/mol.